The molecule has 1 amide bonds. The van der Waals surface area contributed by atoms with Crippen molar-refractivity contribution in [2.75, 3.05) is 39.8 Å². The number of imidazole rings is 1. The topological polar surface area (TPSA) is 116 Å². The second kappa shape index (κ2) is 11.2. The van der Waals surface area contributed by atoms with Crippen molar-refractivity contribution in [3.05, 3.63) is 42.0 Å². The number of carbonyl (C=O) groups is 2. The number of fused-ring (bicyclic) bond motifs is 3. The van der Waals surface area contributed by atoms with E-state index in [4.69, 9.17) is 9.90 Å². The highest BCUT2D eigenvalue weighted by atomic mass is 32.2. The highest BCUT2D eigenvalue weighted by Crippen LogP contribution is 2.32. The molecule has 10 nitrogen and oxygen atoms in total. The number of alkyl halides is 3. The number of aromatic nitrogens is 2. The zero-order valence-corrected chi connectivity index (χ0v) is 21.6. The molecule has 2 aromatic rings. The number of carboxylic acid groups (broad SMARTS) is 1. The van der Waals surface area contributed by atoms with E-state index >= 15 is 0 Å². The van der Waals surface area contributed by atoms with Crippen LogP contribution < -0.4 is 0 Å². The van der Waals surface area contributed by atoms with Gasteiger partial charge in [0, 0.05) is 32.7 Å². The first-order valence-corrected chi connectivity index (χ1v) is 13.1. The molecule has 0 unspecified atom stereocenters. The Balaban J connectivity index is 0.000000479. The third-order valence-electron chi connectivity index (χ3n) is 6.13. The third kappa shape index (κ3) is 6.48. The van der Waals surface area contributed by atoms with E-state index in [1.165, 1.54) is 4.31 Å². The minimum Gasteiger partial charge on any atom is -0.475 e. The Morgan fingerprint density at radius 2 is 1.70 bits per heavy atom. The van der Waals surface area contributed by atoms with Crippen LogP contribution in [0.15, 0.2) is 35.5 Å². The van der Waals surface area contributed by atoms with Gasteiger partial charge in [-0.25, -0.2) is 18.2 Å². The maximum Gasteiger partial charge on any atom is 0.490 e. The van der Waals surface area contributed by atoms with Crippen LogP contribution in [0.3, 0.4) is 0 Å². The second-order valence-corrected chi connectivity index (χ2v) is 11.2. The van der Waals surface area contributed by atoms with Gasteiger partial charge < -0.3 is 14.9 Å². The largest absolute Gasteiger partial charge is 0.490 e. The normalized spacial score (nSPS) is 17.9. The van der Waals surface area contributed by atoms with Gasteiger partial charge >= 0.3 is 12.1 Å². The molecule has 1 N–H and O–H groups in total. The van der Waals surface area contributed by atoms with Gasteiger partial charge in [-0.3, -0.25) is 9.36 Å². The number of likely N-dealkylation sites (N-methyl/N-ethyl adjacent to an activating group) is 1. The Hall–Kier alpha value is -2.97. The summed E-state index contributed by atoms with van der Waals surface area (Å²) in [6.07, 6.45) is -2.75. The van der Waals surface area contributed by atoms with Gasteiger partial charge in [-0.15, -0.1) is 0 Å². The van der Waals surface area contributed by atoms with Crippen molar-refractivity contribution in [1.29, 1.82) is 0 Å². The summed E-state index contributed by atoms with van der Waals surface area (Å²) in [7, 11) is -1.63. The van der Waals surface area contributed by atoms with Crippen LogP contribution in [0.25, 0.3) is 5.69 Å². The summed E-state index contributed by atoms with van der Waals surface area (Å²) in [5, 5.41) is 7.12. The molecular weight excluding hydrogens is 515 g/mol. The van der Waals surface area contributed by atoms with E-state index in [0.29, 0.717) is 42.6 Å². The van der Waals surface area contributed by atoms with Crippen LogP contribution in [0, 0.1) is 5.92 Å². The van der Waals surface area contributed by atoms with Crippen LogP contribution in [0.5, 0.6) is 0 Å². The number of rotatable bonds is 4. The lowest BCUT2D eigenvalue weighted by molar-refractivity contribution is -0.192. The molecule has 0 aliphatic carbocycles. The van der Waals surface area contributed by atoms with Gasteiger partial charge in [0.2, 0.25) is 10.0 Å². The molecule has 204 valence electrons. The first-order chi connectivity index (χ1) is 17.2. The molecule has 1 aromatic carbocycles. The number of carbonyl (C=O) groups excluding carboxylic acids is 1. The smallest absolute Gasteiger partial charge is 0.475 e. The molecule has 1 aromatic heterocycles. The molecule has 0 bridgehead atoms. The van der Waals surface area contributed by atoms with Crippen molar-refractivity contribution in [2.45, 2.75) is 37.9 Å². The van der Waals surface area contributed by atoms with E-state index in [0.717, 1.165) is 19.5 Å². The van der Waals surface area contributed by atoms with Crippen molar-refractivity contribution in [3.63, 3.8) is 0 Å². The Morgan fingerprint density at radius 1 is 1.11 bits per heavy atom. The Labute approximate surface area is 213 Å². The number of hydrogen-bond donors (Lipinski definition) is 1. The van der Waals surface area contributed by atoms with Crippen LogP contribution in [-0.4, -0.2) is 95.0 Å². The molecule has 0 atom stereocenters. The van der Waals surface area contributed by atoms with E-state index in [2.05, 4.69) is 23.7 Å². The average Bonchev–Trinajstić information content (AvgIpc) is 3.21. The monoisotopic (exact) mass is 545 g/mol. The van der Waals surface area contributed by atoms with Crippen molar-refractivity contribution in [1.82, 2.24) is 23.7 Å². The van der Waals surface area contributed by atoms with Gasteiger partial charge in [0.05, 0.1) is 17.9 Å². The first-order valence-electron chi connectivity index (χ1n) is 11.7. The van der Waals surface area contributed by atoms with Gasteiger partial charge in [0.1, 0.15) is 11.2 Å². The second-order valence-electron chi connectivity index (χ2n) is 9.30. The van der Waals surface area contributed by atoms with Crippen LogP contribution in [-0.2, 0) is 21.4 Å². The number of sulfonamides is 1. The van der Waals surface area contributed by atoms with Crippen molar-refractivity contribution in [3.8, 4) is 5.69 Å². The maximum absolute atomic E-state index is 13.4. The number of hydrogen-bond acceptors (Lipinski definition) is 6. The van der Waals surface area contributed by atoms with Gasteiger partial charge in [-0.2, -0.15) is 17.5 Å². The molecule has 0 radical (unpaired) electrons. The van der Waals surface area contributed by atoms with E-state index in [1.54, 1.807) is 29.1 Å². The molecule has 2 aliphatic heterocycles. The van der Waals surface area contributed by atoms with Gasteiger partial charge in [-0.1, -0.05) is 26.0 Å². The molecule has 37 heavy (non-hydrogen) atoms. The summed E-state index contributed by atoms with van der Waals surface area (Å²) >= 11 is 0. The summed E-state index contributed by atoms with van der Waals surface area (Å²) in [5.41, 5.74) is 1.53. The highest BCUT2D eigenvalue weighted by molar-refractivity contribution is 7.89. The summed E-state index contributed by atoms with van der Waals surface area (Å²) in [6, 6.07) is 6.94. The van der Waals surface area contributed by atoms with Gasteiger partial charge in [0.25, 0.3) is 5.91 Å². The van der Waals surface area contributed by atoms with Crippen molar-refractivity contribution >= 4 is 21.9 Å². The van der Waals surface area contributed by atoms with Crippen LogP contribution >= 0.6 is 0 Å². The molecular formula is C23H30F3N5O5S. The Bertz CT molecular complexity index is 1240. The number of carboxylic acids is 1. The molecule has 0 saturated carbocycles. The number of nitrogens with zero attached hydrogens (tertiary/aromatic N) is 5. The number of para-hydroxylation sites is 1. The Morgan fingerprint density at radius 3 is 2.27 bits per heavy atom. The maximum atomic E-state index is 13.4. The van der Waals surface area contributed by atoms with Crippen molar-refractivity contribution in [2.24, 2.45) is 5.92 Å². The first kappa shape index (κ1) is 28.6. The molecule has 1 fully saturated rings. The molecule has 1 saturated heterocycles. The summed E-state index contributed by atoms with van der Waals surface area (Å²) in [6.45, 7) is 7.62. The number of aliphatic carboxylic acids is 1. The average molecular weight is 546 g/mol. The van der Waals surface area contributed by atoms with Crippen LogP contribution in [0.2, 0.25) is 0 Å². The predicted molar refractivity (Wildman–Crippen MR) is 128 cm³/mol. The van der Waals surface area contributed by atoms with Gasteiger partial charge in [0.15, 0.2) is 5.69 Å². The van der Waals surface area contributed by atoms with E-state index in [9.17, 15) is 26.4 Å². The van der Waals surface area contributed by atoms with E-state index in [1.807, 2.05) is 18.0 Å². The summed E-state index contributed by atoms with van der Waals surface area (Å²) < 4.78 is 61.8. The molecule has 3 heterocycles. The molecule has 2 aliphatic rings. The standard InChI is InChI=1S/C21H29N5O3S.C2HF3O2/c1-16(2)8-9-25-14-18-20(21(27)24-12-10-23(3)11-13-24)22-15-26(18)17-6-4-5-7-19(17)30(25,28)29;3-2(4,5)1(6)7/h4-7,15-16H,8-14H2,1-3H3;(H,6,7). The number of benzene rings is 1. The quantitative estimate of drug-likeness (QED) is 0.628. The molecule has 0 spiro atoms. The fourth-order valence-corrected chi connectivity index (χ4v) is 5.53. The lowest BCUT2D eigenvalue weighted by Crippen LogP contribution is -2.47. The SMILES string of the molecule is CC(C)CCN1Cc2c(C(=O)N3CCN(C)CC3)ncn2-c2ccccc2S1(=O)=O.O=C(O)C(F)(F)F. The minimum atomic E-state index is -5.08. The van der Waals surface area contributed by atoms with E-state index < -0.39 is 22.2 Å². The highest BCUT2D eigenvalue weighted by Gasteiger charge is 2.38. The summed E-state index contributed by atoms with van der Waals surface area (Å²) in [4.78, 5) is 30.9. The minimum absolute atomic E-state index is 0.127. The number of piperazine rings is 1. The van der Waals surface area contributed by atoms with Crippen LogP contribution in [0.4, 0.5) is 13.2 Å². The van der Waals surface area contributed by atoms with Gasteiger partial charge in [-0.05, 0) is 31.5 Å². The number of amides is 1. The van der Waals surface area contributed by atoms with E-state index in [-0.39, 0.29) is 17.3 Å². The predicted octanol–water partition coefficient (Wildman–Crippen LogP) is 2.44. The lowest BCUT2D eigenvalue weighted by atomic mass is 10.1. The lowest BCUT2D eigenvalue weighted by Gasteiger charge is -2.32. The van der Waals surface area contributed by atoms with Crippen LogP contribution in [0.1, 0.15) is 36.5 Å². The zero-order chi connectivity index (χ0) is 27.5. The fraction of sp³-hybridized carbons (Fsp3) is 0.522. The number of halogens is 3. The fourth-order valence-electron chi connectivity index (χ4n) is 3.94. The molecule has 4 rings (SSSR count). The third-order valence-corrected chi connectivity index (χ3v) is 8.02. The van der Waals surface area contributed by atoms with Crippen molar-refractivity contribution < 1.29 is 36.3 Å². The zero-order valence-electron chi connectivity index (χ0n) is 20.8. The summed E-state index contributed by atoms with van der Waals surface area (Å²) in [5.74, 6) is -2.51. The molecule has 14 heteroatoms. The Kier molecular flexibility index (Phi) is 8.65.